The number of hydrogen-bond donors (Lipinski definition) is 0. The summed E-state index contributed by atoms with van der Waals surface area (Å²) in [5, 5.41) is 11.1. The molecule has 2 saturated heterocycles. The largest absolute Gasteiger partial charge is 3.00 e. The Hall–Kier alpha value is 0.912. The second-order valence-electron chi connectivity index (χ2n) is 5.09. The van der Waals surface area contributed by atoms with Crippen LogP contribution in [0, 0.1) is 5.92 Å². The zero-order chi connectivity index (χ0) is 12.6. The molecule has 2 aliphatic heterocycles. The van der Waals surface area contributed by atoms with Crippen molar-refractivity contribution in [3.8, 4) is 0 Å². The Morgan fingerprint density at radius 3 is 2.10 bits per heavy atom. The molecule has 8 heteroatoms. The van der Waals surface area contributed by atoms with Crippen molar-refractivity contribution < 1.29 is 44.1 Å². The van der Waals surface area contributed by atoms with E-state index in [1.165, 1.54) is 0 Å². The first-order valence-electron chi connectivity index (χ1n) is 6.95. The molecule has 0 unspecified atom stereocenters. The van der Waals surface area contributed by atoms with E-state index >= 15 is 0 Å². The molecule has 0 amide bonds. The maximum Gasteiger partial charge on any atom is 3.00 e. The van der Waals surface area contributed by atoms with Crippen LogP contribution in [0.15, 0.2) is 0 Å². The van der Waals surface area contributed by atoms with Gasteiger partial charge in [-0.1, -0.05) is 0 Å². The smallest absolute Gasteiger partial charge is 1.00 e. The van der Waals surface area contributed by atoms with Crippen molar-refractivity contribution in [2.24, 2.45) is 5.92 Å². The number of hydrogen-bond acceptors (Lipinski definition) is 5. The van der Waals surface area contributed by atoms with E-state index in [0.29, 0.717) is 45.6 Å². The van der Waals surface area contributed by atoms with Gasteiger partial charge in [-0.25, -0.2) is 0 Å². The molecule has 0 aromatic rings. The molecule has 2 fully saturated rings. The van der Waals surface area contributed by atoms with Crippen LogP contribution in [-0.4, -0.2) is 87.6 Å². The van der Waals surface area contributed by atoms with Crippen molar-refractivity contribution in [1.82, 2.24) is 4.90 Å². The molecule has 0 aromatic carbocycles. The second-order valence-corrected chi connectivity index (χ2v) is 5.09. The minimum Gasteiger partial charge on any atom is -1.00 e. The summed E-state index contributed by atoms with van der Waals surface area (Å²) in [6, 6.07) is 0.226. The molecule has 0 aromatic heterocycles. The molecule has 21 heavy (non-hydrogen) atoms. The Bertz CT molecular complexity index is 232. The Morgan fingerprint density at radius 2 is 1.52 bits per heavy atom. The summed E-state index contributed by atoms with van der Waals surface area (Å²) in [5.41, 5.74) is 0. The van der Waals surface area contributed by atoms with E-state index in [4.69, 9.17) is 14.2 Å². The summed E-state index contributed by atoms with van der Waals surface area (Å²) in [5.74, 6) is 0.371. The molecule has 0 bridgehead atoms. The molecule has 122 valence electrons. The molecule has 0 saturated carbocycles. The third-order valence-corrected chi connectivity index (χ3v) is 3.64. The van der Waals surface area contributed by atoms with Gasteiger partial charge < -0.3 is 49.0 Å². The minimum absolute atomic E-state index is 0. The number of nitrogens with zero attached hydrogens (tertiary/aromatic N) is 1. The Balaban J connectivity index is 0. The van der Waals surface area contributed by atoms with Crippen LogP contribution < -0.4 is 29.9 Å². The summed E-state index contributed by atoms with van der Waals surface area (Å²) in [4.78, 5) is 2.31. The third-order valence-electron chi connectivity index (χ3n) is 3.64. The number of ether oxygens (including phenoxy) is 3. The fourth-order valence-electron chi connectivity index (χ4n) is 2.65. The van der Waals surface area contributed by atoms with Crippen molar-refractivity contribution in [3.63, 3.8) is 0 Å². The second kappa shape index (κ2) is 14.5. The zero-order valence-corrected chi connectivity index (χ0v) is 15.0. The summed E-state index contributed by atoms with van der Waals surface area (Å²) in [6.45, 7) is 5.98. The van der Waals surface area contributed by atoms with Crippen molar-refractivity contribution in [2.45, 2.75) is 18.9 Å². The summed E-state index contributed by atoms with van der Waals surface area (Å²) in [7, 11) is 0. The molecule has 1 atom stereocenters. The molecule has 2 rings (SSSR count). The molecular weight excluding hydrogens is 332 g/mol. The Labute approximate surface area is 150 Å². The molecular formula is C13H24AlCl2NO4. The maximum atomic E-state index is 11.1. The monoisotopic (exact) mass is 355 g/mol. The van der Waals surface area contributed by atoms with Gasteiger partial charge in [0.05, 0.1) is 39.6 Å². The zero-order valence-electron chi connectivity index (χ0n) is 12.3. The molecule has 0 radical (unpaired) electrons. The Kier molecular flexibility index (Phi) is 16.7. The van der Waals surface area contributed by atoms with Crippen LogP contribution in [0.25, 0.3) is 0 Å². The third kappa shape index (κ3) is 8.95. The van der Waals surface area contributed by atoms with E-state index in [1.807, 2.05) is 0 Å². The standard InChI is InChI=1S/C13H24NO4.Al.2ClH/c15-9-13-2-1-3-14(13)8-12-10-17-6-4-16-5-7-18-11-12;;;/h12-13H,1-11H2;;2*1H/q-1;+3;;/p-2/t13-;;;/m0.../s1. The first-order chi connectivity index (χ1) is 8.90. The van der Waals surface area contributed by atoms with Gasteiger partial charge in [0.15, 0.2) is 0 Å². The van der Waals surface area contributed by atoms with Crippen molar-refractivity contribution in [3.05, 3.63) is 0 Å². The molecule has 0 N–H and O–H groups in total. The van der Waals surface area contributed by atoms with Gasteiger partial charge in [-0.05, 0) is 25.4 Å². The van der Waals surface area contributed by atoms with Crippen molar-refractivity contribution in [1.29, 1.82) is 0 Å². The van der Waals surface area contributed by atoms with Crippen LogP contribution in [0.4, 0.5) is 0 Å². The van der Waals surface area contributed by atoms with E-state index in [-0.39, 0.29) is 54.8 Å². The summed E-state index contributed by atoms with van der Waals surface area (Å²) in [6.07, 6.45) is 2.20. The van der Waals surface area contributed by atoms with Gasteiger partial charge in [0, 0.05) is 12.5 Å². The van der Waals surface area contributed by atoms with E-state index in [2.05, 4.69) is 4.90 Å². The van der Waals surface area contributed by atoms with Crippen LogP contribution in [0.3, 0.4) is 0 Å². The average molecular weight is 356 g/mol. The minimum atomic E-state index is 0. The van der Waals surface area contributed by atoms with Gasteiger partial charge in [0.2, 0.25) is 0 Å². The van der Waals surface area contributed by atoms with E-state index in [1.54, 1.807) is 0 Å². The van der Waals surface area contributed by atoms with Crippen LogP contribution in [0.1, 0.15) is 12.8 Å². The van der Waals surface area contributed by atoms with Crippen LogP contribution in [0.2, 0.25) is 0 Å². The SMILES string of the molecule is [Al+3].[Cl-].[Cl-].[O-]C[C@@H]1CCCN1CC1COCCOCCOC1. The van der Waals surface area contributed by atoms with Gasteiger partial charge >= 0.3 is 17.4 Å². The number of rotatable bonds is 3. The van der Waals surface area contributed by atoms with E-state index in [0.717, 1.165) is 25.9 Å². The first-order valence-corrected chi connectivity index (χ1v) is 6.95. The normalized spacial score (nSPS) is 25.3. The summed E-state index contributed by atoms with van der Waals surface area (Å²) >= 11 is 0. The number of halogens is 2. The Morgan fingerprint density at radius 1 is 0.952 bits per heavy atom. The van der Waals surface area contributed by atoms with Gasteiger partial charge in [0.1, 0.15) is 0 Å². The fraction of sp³-hybridized carbons (Fsp3) is 1.00. The van der Waals surface area contributed by atoms with Gasteiger partial charge in [-0.15, -0.1) is 6.61 Å². The molecule has 2 heterocycles. The average Bonchev–Trinajstić information content (AvgIpc) is 2.84. The van der Waals surface area contributed by atoms with Gasteiger partial charge in [-0.2, -0.15) is 0 Å². The number of likely N-dealkylation sites (tertiary alicyclic amines) is 1. The van der Waals surface area contributed by atoms with Gasteiger partial charge in [0.25, 0.3) is 0 Å². The fourth-order valence-corrected chi connectivity index (χ4v) is 2.65. The maximum absolute atomic E-state index is 11.1. The quantitative estimate of drug-likeness (QED) is 0.471. The van der Waals surface area contributed by atoms with Gasteiger partial charge in [-0.3, -0.25) is 0 Å². The van der Waals surface area contributed by atoms with Crippen LogP contribution in [-0.2, 0) is 14.2 Å². The topological polar surface area (TPSA) is 54.0 Å². The van der Waals surface area contributed by atoms with Crippen LogP contribution in [0.5, 0.6) is 0 Å². The van der Waals surface area contributed by atoms with Crippen LogP contribution >= 0.6 is 0 Å². The molecule has 0 spiro atoms. The molecule has 2 aliphatic rings. The van der Waals surface area contributed by atoms with Crippen molar-refractivity contribution in [2.75, 3.05) is 59.3 Å². The van der Waals surface area contributed by atoms with Crippen molar-refractivity contribution >= 4 is 17.4 Å². The molecule has 5 nitrogen and oxygen atoms in total. The first kappa shape index (κ1) is 24.2. The van der Waals surface area contributed by atoms with E-state index < -0.39 is 0 Å². The predicted molar refractivity (Wildman–Crippen MR) is 71.2 cm³/mol. The predicted octanol–water partition coefficient (Wildman–Crippen LogP) is -6.88. The van der Waals surface area contributed by atoms with E-state index in [9.17, 15) is 5.11 Å². The summed E-state index contributed by atoms with van der Waals surface area (Å²) < 4.78 is 16.5. The molecule has 0 aliphatic carbocycles.